The van der Waals surface area contributed by atoms with Crippen molar-refractivity contribution in [2.75, 3.05) is 7.05 Å². The van der Waals surface area contributed by atoms with Crippen LogP contribution in [0, 0.1) is 5.92 Å². The molecule has 0 amide bonds. The van der Waals surface area contributed by atoms with Crippen LogP contribution >= 0.6 is 15.9 Å². The van der Waals surface area contributed by atoms with Crippen molar-refractivity contribution in [3.63, 3.8) is 0 Å². The van der Waals surface area contributed by atoms with Crippen LogP contribution in [-0.2, 0) is 19.9 Å². The highest BCUT2D eigenvalue weighted by Gasteiger charge is 2.24. The van der Waals surface area contributed by atoms with Crippen molar-refractivity contribution >= 4 is 15.9 Å². The summed E-state index contributed by atoms with van der Waals surface area (Å²) in [4.78, 5) is 0. The molecule has 0 bridgehead atoms. The lowest BCUT2D eigenvalue weighted by Crippen LogP contribution is -2.36. The van der Waals surface area contributed by atoms with Gasteiger partial charge in [0.2, 0.25) is 0 Å². The second-order valence-corrected chi connectivity index (χ2v) is 7.18. The van der Waals surface area contributed by atoms with E-state index in [0.717, 1.165) is 18.8 Å². The van der Waals surface area contributed by atoms with Gasteiger partial charge >= 0.3 is 0 Å². The number of rotatable bonds is 5. The molecular weight excluding hydrogens is 326 g/mol. The van der Waals surface area contributed by atoms with Crippen LogP contribution in [-0.4, -0.2) is 22.9 Å². The Hall–Kier alpha value is -0.350. The number of hydrogen-bond acceptors (Lipinski definition) is 2. The summed E-state index contributed by atoms with van der Waals surface area (Å²) in [6.07, 6.45) is 11.9. The highest BCUT2D eigenvalue weighted by Crippen LogP contribution is 2.29. The van der Waals surface area contributed by atoms with E-state index in [1.807, 2.05) is 0 Å². The maximum absolute atomic E-state index is 4.64. The van der Waals surface area contributed by atoms with Crippen molar-refractivity contribution in [1.29, 1.82) is 0 Å². The predicted molar refractivity (Wildman–Crippen MR) is 92.6 cm³/mol. The first-order valence-electron chi connectivity index (χ1n) is 8.54. The van der Waals surface area contributed by atoms with Gasteiger partial charge in [-0.3, -0.25) is 4.68 Å². The molecule has 1 aliphatic carbocycles. The van der Waals surface area contributed by atoms with E-state index in [-0.39, 0.29) is 0 Å². The van der Waals surface area contributed by atoms with Crippen LogP contribution < -0.4 is 5.32 Å². The van der Waals surface area contributed by atoms with Crippen molar-refractivity contribution in [3.05, 3.63) is 15.9 Å². The fourth-order valence-corrected chi connectivity index (χ4v) is 4.42. The van der Waals surface area contributed by atoms with Crippen LogP contribution in [0.15, 0.2) is 4.47 Å². The molecule has 120 valence electrons. The van der Waals surface area contributed by atoms with Gasteiger partial charge < -0.3 is 5.32 Å². The Morgan fingerprint density at radius 1 is 1.24 bits per heavy atom. The fraction of sp³-hybridized carbons (Fsp3) is 0.824. The number of aryl methyl sites for hydroxylation is 2. The molecule has 0 aliphatic heterocycles. The number of nitrogens with one attached hydrogen (secondary N) is 1. The standard InChI is InChI=1S/C17H30BrN3/c1-4-14-17(18)16(21(3)20-14)12-15(19-2)13-10-8-6-5-7-9-11-13/h13,15,19H,4-12H2,1-3H3. The lowest BCUT2D eigenvalue weighted by molar-refractivity contribution is 0.290. The summed E-state index contributed by atoms with van der Waals surface area (Å²) in [5.41, 5.74) is 2.52. The highest BCUT2D eigenvalue weighted by molar-refractivity contribution is 9.10. The number of likely N-dealkylation sites (N-methyl/N-ethyl adjacent to an activating group) is 1. The Morgan fingerprint density at radius 3 is 2.38 bits per heavy atom. The van der Waals surface area contributed by atoms with Gasteiger partial charge in [0.1, 0.15) is 0 Å². The first-order valence-corrected chi connectivity index (χ1v) is 9.34. The zero-order valence-corrected chi connectivity index (χ0v) is 15.4. The second kappa shape index (κ2) is 8.33. The topological polar surface area (TPSA) is 29.9 Å². The number of nitrogens with zero attached hydrogens (tertiary/aromatic N) is 2. The summed E-state index contributed by atoms with van der Waals surface area (Å²) in [7, 11) is 4.19. The molecule has 21 heavy (non-hydrogen) atoms. The van der Waals surface area contributed by atoms with Crippen LogP contribution in [0.1, 0.15) is 63.3 Å². The van der Waals surface area contributed by atoms with Crippen molar-refractivity contribution in [2.45, 2.75) is 70.8 Å². The Balaban J connectivity index is 2.08. The number of aromatic nitrogens is 2. The Kier molecular flexibility index (Phi) is 6.74. The van der Waals surface area contributed by atoms with Gasteiger partial charge in [0.25, 0.3) is 0 Å². The molecule has 1 aromatic rings. The van der Waals surface area contributed by atoms with Gasteiger partial charge in [0, 0.05) is 19.5 Å². The van der Waals surface area contributed by atoms with E-state index in [1.165, 1.54) is 60.8 Å². The smallest absolute Gasteiger partial charge is 0.0766 e. The second-order valence-electron chi connectivity index (χ2n) is 6.39. The largest absolute Gasteiger partial charge is 0.316 e. The molecule has 4 heteroatoms. The molecule has 1 atom stereocenters. The third-order valence-electron chi connectivity index (χ3n) is 5.01. The summed E-state index contributed by atoms with van der Waals surface area (Å²) in [6, 6.07) is 0.569. The van der Waals surface area contributed by atoms with Crippen molar-refractivity contribution in [2.24, 2.45) is 13.0 Å². The highest BCUT2D eigenvalue weighted by atomic mass is 79.9. The number of halogens is 1. The summed E-state index contributed by atoms with van der Waals surface area (Å²) in [5.74, 6) is 0.808. The Labute approximate surface area is 138 Å². The van der Waals surface area contributed by atoms with Gasteiger partial charge in [0.15, 0.2) is 0 Å². The summed E-state index contributed by atoms with van der Waals surface area (Å²) >= 11 is 3.76. The van der Waals surface area contributed by atoms with Gasteiger partial charge in [-0.05, 0) is 48.2 Å². The van der Waals surface area contributed by atoms with Gasteiger partial charge in [-0.25, -0.2) is 0 Å². The summed E-state index contributed by atoms with van der Waals surface area (Å²) in [5, 5.41) is 8.22. The monoisotopic (exact) mass is 355 g/mol. The van der Waals surface area contributed by atoms with Crippen LogP contribution in [0.3, 0.4) is 0 Å². The Bertz CT molecular complexity index is 433. The lowest BCUT2D eigenvalue weighted by Gasteiger charge is -2.28. The average molecular weight is 356 g/mol. The molecule has 1 aromatic heterocycles. The summed E-state index contributed by atoms with van der Waals surface area (Å²) in [6.45, 7) is 2.17. The molecule has 1 heterocycles. The van der Waals surface area contributed by atoms with Crippen molar-refractivity contribution in [3.8, 4) is 0 Å². The summed E-state index contributed by atoms with van der Waals surface area (Å²) < 4.78 is 3.29. The van der Waals surface area contributed by atoms with E-state index in [4.69, 9.17) is 0 Å². The van der Waals surface area contributed by atoms with E-state index >= 15 is 0 Å². The molecule has 1 saturated carbocycles. The van der Waals surface area contributed by atoms with Crippen LogP contribution in [0.25, 0.3) is 0 Å². The van der Waals surface area contributed by atoms with E-state index < -0.39 is 0 Å². The molecular formula is C17H30BrN3. The Morgan fingerprint density at radius 2 is 1.86 bits per heavy atom. The molecule has 0 aromatic carbocycles. The molecule has 2 rings (SSSR count). The van der Waals surface area contributed by atoms with Crippen molar-refractivity contribution < 1.29 is 0 Å². The van der Waals surface area contributed by atoms with Crippen LogP contribution in [0.4, 0.5) is 0 Å². The quantitative estimate of drug-likeness (QED) is 0.855. The molecule has 1 unspecified atom stereocenters. The molecule has 1 fully saturated rings. The average Bonchev–Trinajstić information content (AvgIpc) is 2.72. The minimum atomic E-state index is 0.569. The first kappa shape index (κ1) is 17.0. The van der Waals surface area contributed by atoms with E-state index in [2.05, 4.69) is 52.0 Å². The zero-order valence-electron chi connectivity index (χ0n) is 13.8. The molecule has 1 aliphatic rings. The lowest BCUT2D eigenvalue weighted by atomic mass is 9.84. The van der Waals surface area contributed by atoms with Gasteiger partial charge in [0.05, 0.1) is 15.9 Å². The fourth-order valence-electron chi connectivity index (χ4n) is 3.64. The van der Waals surface area contributed by atoms with Crippen molar-refractivity contribution in [1.82, 2.24) is 15.1 Å². The molecule has 3 nitrogen and oxygen atoms in total. The molecule has 0 spiro atoms. The third kappa shape index (κ3) is 4.32. The predicted octanol–water partition coefficient (Wildman–Crippen LogP) is 4.24. The molecule has 0 saturated heterocycles. The van der Waals surface area contributed by atoms with Crippen LogP contribution in [0.2, 0.25) is 0 Å². The van der Waals surface area contributed by atoms with Gasteiger partial charge in [-0.1, -0.05) is 39.0 Å². The first-order chi connectivity index (χ1) is 10.2. The van der Waals surface area contributed by atoms with Crippen LogP contribution in [0.5, 0.6) is 0 Å². The maximum Gasteiger partial charge on any atom is 0.0766 e. The van der Waals surface area contributed by atoms with E-state index in [0.29, 0.717) is 6.04 Å². The molecule has 0 radical (unpaired) electrons. The SMILES string of the molecule is CCc1nn(C)c(CC(NC)C2CCCCCCC2)c1Br. The number of hydrogen-bond donors (Lipinski definition) is 1. The van der Waals surface area contributed by atoms with E-state index in [1.54, 1.807) is 0 Å². The minimum absolute atomic E-state index is 0.569. The van der Waals surface area contributed by atoms with Gasteiger partial charge in [-0.15, -0.1) is 0 Å². The zero-order chi connectivity index (χ0) is 15.2. The molecule has 1 N–H and O–H groups in total. The normalized spacial score (nSPS) is 19.2. The minimum Gasteiger partial charge on any atom is -0.316 e. The maximum atomic E-state index is 4.64. The van der Waals surface area contributed by atoms with Gasteiger partial charge in [-0.2, -0.15) is 5.10 Å². The van der Waals surface area contributed by atoms with E-state index in [9.17, 15) is 0 Å². The third-order valence-corrected chi connectivity index (χ3v) is 5.92.